The van der Waals surface area contributed by atoms with Gasteiger partial charge in [-0.25, -0.2) is 0 Å². The first-order chi connectivity index (χ1) is 9.21. The first-order valence-electron chi connectivity index (χ1n) is 6.60. The lowest BCUT2D eigenvalue weighted by atomic mass is 10.1. The summed E-state index contributed by atoms with van der Waals surface area (Å²) in [6.07, 6.45) is 4.83. The molecular formula is C19H22. The van der Waals surface area contributed by atoms with Crippen LogP contribution in [0.3, 0.4) is 0 Å². The van der Waals surface area contributed by atoms with Gasteiger partial charge >= 0.3 is 0 Å². The van der Waals surface area contributed by atoms with Crippen molar-refractivity contribution in [3.05, 3.63) is 83.9 Å². The molecule has 0 aromatic heterocycles. The maximum atomic E-state index is 3.74. The van der Waals surface area contributed by atoms with Gasteiger partial charge in [-0.15, -0.1) is 0 Å². The molecule has 0 atom stereocenters. The van der Waals surface area contributed by atoms with E-state index in [4.69, 9.17) is 0 Å². The number of hydrogen-bond acceptors (Lipinski definition) is 0. The first kappa shape index (κ1) is 15.0. The monoisotopic (exact) mass is 250 g/mol. The minimum atomic E-state index is 1.09. The van der Waals surface area contributed by atoms with Gasteiger partial charge in [0.05, 0.1) is 0 Å². The third-order valence-corrected chi connectivity index (χ3v) is 2.97. The van der Waals surface area contributed by atoms with Crippen molar-refractivity contribution in [3.63, 3.8) is 0 Å². The van der Waals surface area contributed by atoms with Crippen molar-refractivity contribution >= 4 is 12.2 Å². The normalized spacial score (nSPS) is 9.16. The topological polar surface area (TPSA) is 0 Å². The molecule has 0 heteroatoms. The molecule has 0 N–H and O–H groups in total. The van der Waals surface area contributed by atoms with Gasteiger partial charge in [0.15, 0.2) is 0 Å². The molecule has 0 radical (unpaired) electrons. The van der Waals surface area contributed by atoms with E-state index in [1.54, 1.807) is 0 Å². The van der Waals surface area contributed by atoms with Crippen LogP contribution in [0.4, 0.5) is 0 Å². The van der Waals surface area contributed by atoms with Gasteiger partial charge in [0.2, 0.25) is 0 Å². The van der Waals surface area contributed by atoms with Crippen LogP contribution < -0.4 is 0 Å². The Morgan fingerprint density at radius 3 is 2.00 bits per heavy atom. The maximum Gasteiger partial charge on any atom is -0.0231 e. The van der Waals surface area contributed by atoms with Crippen LogP contribution in [0.2, 0.25) is 0 Å². The highest BCUT2D eigenvalue weighted by Crippen LogP contribution is 2.09. The van der Waals surface area contributed by atoms with Crippen LogP contribution in [0.1, 0.15) is 29.2 Å². The van der Waals surface area contributed by atoms with Gasteiger partial charge in [0.25, 0.3) is 0 Å². The number of hydrogen-bond donors (Lipinski definition) is 0. The highest BCUT2D eigenvalue weighted by atomic mass is 14.0. The molecule has 0 bridgehead atoms. The predicted molar refractivity (Wildman–Crippen MR) is 87.2 cm³/mol. The fourth-order valence-corrected chi connectivity index (χ4v) is 1.76. The molecule has 0 spiro atoms. The Kier molecular flexibility index (Phi) is 6.38. The molecule has 0 heterocycles. The van der Waals surface area contributed by atoms with Gasteiger partial charge in [-0.3, -0.25) is 0 Å². The summed E-state index contributed by atoms with van der Waals surface area (Å²) < 4.78 is 0. The van der Waals surface area contributed by atoms with E-state index < -0.39 is 0 Å². The number of benzene rings is 2. The lowest BCUT2D eigenvalue weighted by Gasteiger charge is -1.99. The van der Waals surface area contributed by atoms with Crippen molar-refractivity contribution in [3.8, 4) is 0 Å². The SMILES string of the molecule is C=Cc1ccc(C)cc1.C=Cc1ccccc1CC. The molecule has 0 fully saturated rings. The van der Waals surface area contributed by atoms with Crippen molar-refractivity contribution in [2.75, 3.05) is 0 Å². The summed E-state index contributed by atoms with van der Waals surface area (Å²) >= 11 is 0. The van der Waals surface area contributed by atoms with Crippen LogP contribution in [-0.4, -0.2) is 0 Å². The second-order valence-corrected chi connectivity index (χ2v) is 4.37. The molecule has 19 heavy (non-hydrogen) atoms. The first-order valence-corrected chi connectivity index (χ1v) is 6.60. The van der Waals surface area contributed by atoms with Crippen molar-refractivity contribution < 1.29 is 0 Å². The Labute approximate surface area is 117 Å². The molecular weight excluding hydrogens is 228 g/mol. The average Bonchev–Trinajstić information content (AvgIpc) is 2.48. The van der Waals surface area contributed by atoms with E-state index in [1.165, 1.54) is 22.3 Å². The average molecular weight is 250 g/mol. The van der Waals surface area contributed by atoms with Crippen LogP contribution in [0.25, 0.3) is 12.2 Å². The summed E-state index contributed by atoms with van der Waals surface area (Å²) in [5.74, 6) is 0. The van der Waals surface area contributed by atoms with E-state index in [0.717, 1.165) is 6.42 Å². The zero-order valence-electron chi connectivity index (χ0n) is 11.9. The van der Waals surface area contributed by atoms with Gasteiger partial charge in [-0.2, -0.15) is 0 Å². The zero-order chi connectivity index (χ0) is 14.1. The molecule has 2 aromatic rings. The van der Waals surface area contributed by atoms with Gasteiger partial charge in [-0.05, 0) is 30.0 Å². The van der Waals surface area contributed by atoms with Gasteiger partial charge in [0, 0.05) is 0 Å². The van der Waals surface area contributed by atoms with Crippen molar-refractivity contribution in [2.24, 2.45) is 0 Å². The number of aryl methyl sites for hydroxylation is 2. The standard InChI is InChI=1S/C10H12.C9H10/c1-3-9-7-5-6-8-10(9)4-2;1-3-9-6-4-8(2)5-7-9/h3,5-8H,1,4H2,2H3;3-7H,1H2,2H3. The molecule has 2 aromatic carbocycles. The molecule has 0 saturated carbocycles. The summed E-state index contributed by atoms with van der Waals surface area (Å²) in [6, 6.07) is 16.6. The van der Waals surface area contributed by atoms with Gasteiger partial charge < -0.3 is 0 Å². The molecule has 0 unspecified atom stereocenters. The van der Waals surface area contributed by atoms with Crippen LogP contribution in [0, 0.1) is 6.92 Å². The molecule has 0 nitrogen and oxygen atoms in total. The highest BCUT2D eigenvalue weighted by molar-refractivity contribution is 5.51. The molecule has 0 saturated heterocycles. The van der Waals surface area contributed by atoms with E-state index in [2.05, 4.69) is 69.5 Å². The van der Waals surface area contributed by atoms with E-state index in [-0.39, 0.29) is 0 Å². The third kappa shape index (κ3) is 4.97. The lowest BCUT2D eigenvalue weighted by molar-refractivity contribution is 1.13. The molecule has 0 aliphatic heterocycles. The van der Waals surface area contributed by atoms with Crippen LogP contribution in [-0.2, 0) is 6.42 Å². The highest BCUT2D eigenvalue weighted by Gasteiger charge is 1.91. The van der Waals surface area contributed by atoms with Crippen LogP contribution in [0.15, 0.2) is 61.7 Å². The Morgan fingerprint density at radius 1 is 0.895 bits per heavy atom. The van der Waals surface area contributed by atoms with Crippen molar-refractivity contribution in [1.29, 1.82) is 0 Å². The summed E-state index contributed by atoms with van der Waals surface area (Å²) in [5.41, 5.74) is 5.10. The molecule has 2 rings (SSSR count). The summed E-state index contributed by atoms with van der Waals surface area (Å²) in [6.45, 7) is 11.6. The Bertz CT molecular complexity index is 518. The van der Waals surface area contributed by atoms with Crippen molar-refractivity contribution in [2.45, 2.75) is 20.3 Å². The maximum absolute atomic E-state index is 3.74. The summed E-state index contributed by atoms with van der Waals surface area (Å²) in [4.78, 5) is 0. The largest absolute Gasteiger partial charge is 0.0985 e. The lowest BCUT2D eigenvalue weighted by Crippen LogP contribution is -1.83. The minimum absolute atomic E-state index is 1.09. The fourth-order valence-electron chi connectivity index (χ4n) is 1.76. The fraction of sp³-hybridized carbons (Fsp3) is 0.158. The third-order valence-electron chi connectivity index (χ3n) is 2.97. The van der Waals surface area contributed by atoms with Crippen LogP contribution >= 0.6 is 0 Å². The van der Waals surface area contributed by atoms with Gasteiger partial charge in [0.1, 0.15) is 0 Å². The number of rotatable bonds is 3. The molecule has 0 aliphatic rings. The van der Waals surface area contributed by atoms with Gasteiger partial charge in [-0.1, -0.05) is 86.3 Å². The minimum Gasteiger partial charge on any atom is -0.0985 e. The quantitative estimate of drug-likeness (QED) is 0.672. The Morgan fingerprint density at radius 2 is 1.53 bits per heavy atom. The Balaban J connectivity index is 0.000000191. The second-order valence-electron chi connectivity index (χ2n) is 4.37. The smallest absolute Gasteiger partial charge is 0.0231 e. The summed E-state index contributed by atoms with van der Waals surface area (Å²) in [5, 5.41) is 0. The van der Waals surface area contributed by atoms with E-state index >= 15 is 0 Å². The predicted octanol–water partition coefficient (Wildman–Crippen LogP) is 5.53. The molecule has 0 amide bonds. The summed E-state index contributed by atoms with van der Waals surface area (Å²) in [7, 11) is 0. The molecule has 0 aliphatic carbocycles. The van der Waals surface area contributed by atoms with E-state index in [1.807, 2.05) is 18.2 Å². The van der Waals surface area contributed by atoms with E-state index in [9.17, 15) is 0 Å². The van der Waals surface area contributed by atoms with Crippen LogP contribution in [0.5, 0.6) is 0 Å². The zero-order valence-corrected chi connectivity index (χ0v) is 11.9. The Hall–Kier alpha value is -2.08. The van der Waals surface area contributed by atoms with Crippen molar-refractivity contribution in [1.82, 2.24) is 0 Å². The molecule has 98 valence electrons. The second kappa shape index (κ2) is 8.10. The van der Waals surface area contributed by atoms with E-state index in [0.29, 0.717) is 0 Å².